The van der Waals surface area contributed by atoms with Gasteiger partial charge in [-0.05, 0) is 6.92 Å². The number of rotatable bonds is 2. The van der Waals surface area contributed by atoms with Crippen molar-refractivity contribution in [1.82, 2.24) is 10.2 Å². The molecule has 0 saturated heterocycles. The standard InChI is InChI=1S/C5H7N2O/c1-2-8-5-3-4-6-7-5/h3H,2H2,1H3,(H,6,7). The van der Waals surface area contributed by atoms with E-state index >= 15 is 0 Å². The Morgan fingerprint density at radius 2 is 2.88 bits per heavy atom. The second kappa shape index (κ2) is 2.35. The Balaban J connectivity index is 2.50. The van der Waals surface area contributed by atoms with E-state index in [1.54, 1.807) is 6.07 Å². The maximum absolute atomic E-state index is 5.00. The van der Waals surface area contributed by atoms with Gasteiger partial charge in [0.05, 0.1) is 6.61 Å². The molecule has 1 aromatic heterocycles. The molecule has 8 heavy (non-hydrogen) atoms. The van der Waals surface area contributed by atoms with Crippen molar-refractivity contribution in [2.45, 2.75) is 6.92 Å². The molecule has 3 nitrogen and oxygen atoms in total. The normalized spacial score (nSPS) is 9.12. The molecule has 3 heteroatoms. The fraction of sp³-hybridized carbons (Fsp3) is 0.400. The summed E-state index contributed by atoms with van der Waals surface area (Å²) in [7, 11) is 0. The van der Waals surface area contributed by atoms with E-state index in [9.17, 15) is 0 Å². The fourth-order valence-corrected chi connectivity index (χ4v) is 0.440. The molecule has 0 aliphatic carbocycles. The Kier molecular flexibility index (Phi) is 1.51. The highest BCUT2D eigenvalue weighted by Gasteiger charge is 1.87. The van der Waals surface area contributed by atoms with Crippen molar-refractivity contribution in [2.75, 3.05) is 6.61 Å². The molecule has 1 N–H and O–H groups in total. The molecular weight excluding hydrogens is 104 g/mol. The summed E-state index contributed by atoms with van der Waals surface area (Å²) in [6, 6.07) is 1.66. The van der Waals surface area contributed by atoms with Crippen LogP contribution >= 0.6 is 0 Å². The maximum Gasteiger partial charge on any atom is 0.209 e. The lowest BCUT2D eigenvalue weighted by atomic mass is 10.7. The molecule has 0 atom stereocenters. The molecule has 0 aliphatic rings. The quantitative estimate of drug-likeness (QED) is 0.607. The van der Waals surface area contributed by atoms with Crippen LogP contribution in [0, 0.1) is 6.20 Å². The van der Waals surface area contributed by atoms with Crippen LogP contribution in [-0.4, -0.2) is 16.8 Å². The molecule has 1 rings (SSSR count). The van der Waals surface area contributed by atoms with Gasteiger partial charge in [-0.2, -0.15) is 5.10 Å². The van der Waals surface area contributed by atoms with E-state index in [1.165, 1.54) is 0 Å². The number of aromatic amines is 1. The van der Waals surface area contributed by atoms with Gasteiger partial charge < -0.3 is 4.74 Å². The van der Waals surface area contributed by atoms with Crippen molar-refractivity contribution >= 4 is 0 Å². The predicted molar refractivity (Wildman–Crippen MR) is 28.6 cm³/mol. The smallest absolute Gasteiger partial charge is 0.209 e. The minimum absolute atomic E-state index is 0.663. The Bertz CT molecular complexity index is 136. The second-order valence-corrected chi connectivity index (χ2v) is 1.29. The first kappa shape index (κ1) is 5.15. The number of nitrogens with zero attached hydrogens (tertiary/aromatic N) is 1. The summed E-state index contributed by atoms with van der Waals surface area (Å²) in [6.45, 7) is 2.58. The molecule has 0 bridgehead atoms. The lowest BCUT2D eigenvalue weighted by Gasteiger charge is -1.93. The molecule has 0 fully saturated rings. The van der Waals surface area contributed by atoms with Gasteiger partial charge in [-0.25, -0.2) is 5.10 Å². The molecule has 1 heterocycles. The third-order valence-corrected chi connectivity index (χ3v) is 0.726. The first-order chi connectivity index (χ1) is 3.93. The van der Waals surface area contributed by atoms with Crippen molar-refractivity contribution in [3.63, 3.8) is 0 Å². The van der Waals surface area contributed by atoms with Crippen molar-refractivity contribution < 1.29 is 4.74 Å². The van der Waals surface area contributed by atoms with E-state index in [0.29, 0.717) is 12.5 Å². The van der Waals surface area contributed by atoms with Gasteiger partial charge >= 0.3 is 0 Å². The molecular formula is C5H7N2O. The van der Waals surface area contributed by atoms with Crippen LogP contribution in [0.4, 0.5) is 0 Å². The molecule has 0 unspecified atom stereocenters. The second-order valence-electron chi connectivity index (χ2n) is 1.29. The van der Waals surface area contributed by atoms with E-state index in [-0.39, 0.29) is 0 Å². The SMILES string of the molecule is CCOc1c[c]n[nH]1. The zero-order valence-electron chi connectivity index (χ0n) is 4.64. The summed E-state index contributed by atoms with van der Waals surface area (Å²) >= 11 is 0. The van der Waals surface area contributed by atoms with Crippen LogP contribution in [0.2, 0.25) is 0 Å². The number of hydrogen-bond acceptors (Lipinski definition) is 2. The Morgan fingerprint density at radius 3 is 3.38 bits per heavy atom. The highest BCUT2D eigenvalue weighted by Crippen LogP contribution is 1.99. The van der Waals surface area contributed by atoms with Crippen LogP contribution in [-0.2, 0) is 0 Å². The summed E-state index contributed by atoms with van der Waals surface area (Å²) in [4.78, 5) is 0. The Labute approximate surface area is 47.7 Å². The van der Waals surface area contributed by atoms with Crippen LogP contribution in [0.15, 0.2) is 6.07 Å². The maximum atomic E-state index is 5.00. The molecule has 0 spiro atoms. The topological polar surface area (TPSA) is 37.9 Å². The first-order valence-electron chi connectivity index (χ1n) is 2.47. The van der Waals surface area contributed by atoms with E-state index in [0.717, 1.165) is 0 Å². The average Bonchev–Trinajstić information content (AvgIpc) is 2.19. The van der Waals surface area contributed by atoms with Gasteiger partial charge in [-0.1, -0.05) is 0 Å². The number of nitrogens with one attached hydrogen (secondary N) is 1. The van der Waals surface area contributed by atoms with Gasteiger partial charge in [-0.3, -0.25) is 0 Å². The highest BCUT2D eigenvalue weighted by atomic mass is 16.5. The van der Waals surface area contributed by atoms with Crippen LogP contribution in [0.5, 0.6) is 5.88 Å². The van der Waals surface area contributed by atoms with Crippen LogP contribution in [0.25, 0.3) is 0 Å². The van der Waals surface area contributed by atoms with Gasteiger partial charge in [0.15, 0.2) is 0 Å². The van der Waals surface area contributed by atoms with Crippen LogP contribution in [0.1, 0.15) is 6.92 Å². The third-order valence-electron chi connectivity index (χ3n) is 0.726. The monoisotopic (exact) mass is 111 g/mol. The molecule has 1 aromatic rings. The van der Waals surface area contributed by atoms with Gasteiger partial charge in [-0.15, -0.1) is 0 Å². The number of hydrogen-bond donors (Lipinski definition) is 1. The van der Waals surface area contributed by atoms with Gasteiger partial charge in [0.2, 0.25) is 5.88 Å². The lowest BCUT2D eigenvalue weighted by Crippen LogP contribution is -1.90. The van der Waals surface area contributed by atoms with Crippen molar-refractivity contribution in [1.29, 1.82) is 0 Å². The largest absolute Gasteiger partial charge is 0.478 e. The molecule has 1 radical (unpaired) electrons. The molecule has 0 saturated carbocycles. The summed E-state index contributed by atoms with van der Waals surface area (Å²) in [5, 5.41) is 6.18. The predicted octanol–water partition coefficient (Wildman–Crippen LogP) is 0.609. The van der Waals surface area contributed by atoms with Crippen molar-refractivity contribution in [2.24, 2.45) is 0 Å². The number of H-pyrrole nitrogens is 1. The van der Waals surface area contributed by atoms with Gasteiger partial charge in [0.25, 0.3) is 0 Å². The zero-order valence-corrected chi connectivity index (χ0v) is 4.64. The van der Waals surface area contributed by atoms with E-state index in [1.807, 2.05) is 6.92 Å². The average molecular weight is 111 g/mol. The zero-order chi connectivity index (χ0) is 5.82. The summed E-state index contributed by atoms with van der Waals surface area (Å²) in [5.41, 5.74) is 0. The summed E-state index contributed by atoms with van der Waals surface area (Å²) in [6.07, 6.45) is 2.58. The van der Waals surface area contributed by atoms with Gasteiger partial charge in [0, 0.05) is 6.07 Å². The molecule has 0 amide bonds. The fourth-order valence-electron chi connectivity index (χ4n) is 0.440. The molecule has 0 aliphatic heterocycles. The Morgan fingerprint density at radius 1 is 2.00 bits per heavy atom. The van der Waals surface area contributed by atoms with Gasteiger partial charge in [0.1, 0.15) is 6.20 Å². The van der Waals surface area contributed by atoms with E-state index in [4.69, 9.17) is 4.74 Å². The summed E-state index contributed by atoms with van der Waals surface area (Å²) < 4.78 is 5.00. The lowest BCUT2D eigenvalue weighted by molar-refractivity contribution is 0.326. The minimum Gasteiger partial charge on any atom is -0.478 e. The summed E-state index contributed by atoms with van der Waals surface area (Å²) in [5.74, 6) is 0.674. The van der Waals surface area contributed by atoms with E-state index in [2.05, 4.69) is 16.4 Å². The number of ether oxygens (including phenoxy) is 1. The van der Waals surface area contributed by atoms with Crippen molar-refractivity contribution in [3.05, 3.63) is 12.3 Å². The molecule has 0 aromatic carbocycles. The number of aromatic nitrogens is 2. The third kappa shape index (κ3) is 0.992. The minimum atomic E-state index is 0.663. The molecule has 43 valence electrons. The highest BCUT2D eigenvalue weighted by molar-refractivity contribution is 5.02. The van der Waals surface area contributed by atoms with Crippen LogP contribution in [0.3, 0.4) is 0 Å². The van der Waals surface area contributed by atoms with Crippen molar-refractivity contribution in [3.8, 4) is 5.88 Å². The van der Waals surface area contributed by atoms with Crippen LogP contribution < -0.4 is 4.74 Å². The first-order valence-corrected chi connectivity index (χ1v) is 2.47. The van der Waals surface area contributed by atoms with E-state index < -0.39 is 0 Å². The Hall–Kier alpha value is -0.990.